The summed E-state index contributed by atoms with van der Waals surface area (Å²) in [7, 11) is -4.12. The van der Waals surface area contributed by atoms with E-state index in [0.717, 1.165) is 0 Å². The highest BCUT2D eigenvalue weighted by Gasteiger charge is 2.34. The van der Waals surface area contributed by atoms with Crippen molar-refractivity contribution >= 4 is 27.4 Å². The molecule has 0 aromatic heterocycles. The fourth-order valence-corrected chi connectivity index (χ4v) is 4.91. The smallest absolute Gasteiger partial charge is 0.322 e. The first-order valence-corrected chi connectivity index (χ1v) is 12.3. The zero-order chi connectivity index (χ0) is 24.6. The molecule has 178 valence electrons. The Labute approximate surface area is 193 Å². The normalized spacial score (nSPS) is 12.2. The number of carboxylic acid groups (broad SMARTS) is 1. The van der Waals surface area contributed by atoms with Gasteiger partial charge in [0.15, 0.2) is 26.7 Å². The van der Waals surface area contributed by atoms with Crippen LogP contribution in [0.3, 0.4) is 0 Å². The number of ketones is 2. The Kier molecular flexibility index (Phi) is 9.16. The van der Waals surface area contributed by atoms with E-state index in [1.807, 2.05) is 6.92 Å². The molecule has 1 unspecified atom stereocenters. The van der Waals surface area contributed by atoms with Crippen LogP contribution in [0.4, 0.5) is 0 Å². The molecule has 2 aromatic rings. The number of ether oxygens (including phenoxy) is 1. The molecule has 0 fully saturated rings. The highest BCUT2D eigenvalue weighted by atomic mass is 32.2. The molecule has 2 N–H and O–H groups in total. The number of phenolic OH excluding ortho intramolecular Hbond substituents is 1. The van der Waals surface area contributed by atoms with Crippen LogP contribution >= 0.6 is 0 Å². The van der Waals surface area contributed by atoms with Crippen molar-refractivity contribution in [1.29, 1.82) is 0 Å². The van der Waals surface area contributed by atoms with Crippen molar-refractivity contribution in [2.45, 2.75) is 44.8 Å². The van der Waals surface area contributed by atoms with Crippen LogP contribution in [0.25, 0.3) is 0 Å². The Balaban J connectivity index is 2.04. The summed E-state index contributed by atoms with van der Waals surface area (Å²) >= 11 is 0. The number of aliphatic carboxylic acids is 1. The Morgan fingerprint density at radius 3 is 2.30 bits per heavy atom. The van der Waals surface area contributed by atoms with Crippen LogP contribution in [0.1, 0.15) is 59.4 Å². The van der Waals surface area contributed by atoms with Crippen molar-refractivity contribution in [3.8, 4) is 11.5 Å². The number of carbonyl (C=O) groups excluding carboxylic acids is 2. The van der Waals surface area contributed by atoms with E-state index < -0.39 is 39.0 Å². The van der Waals surface area contributed by atoms with Crippen LogP contribution in [0.15, 0.2) is 42.5 Å². The Hall–Kier alpha value is -3.20. The number of carboxylic acids is 1. The van der Waals surface area contributed by atoms with Gasteiger partial charge in [0, 0.05) is 17.5 Å². The van der Waals surface area contributed by atoms with Crippen molar-refractivity contribution in [2.75, 3.05) is 12.4 Å². The highest BCUT2D eigenvalue weighted by Crippen LogP contribution is 2.33. The lowest BCUT2D eigenvalue weighted by Crippen LogP contribution is -2.34. The van der Waals surface area contributed by atoms with E-state index in [-0.39, 0.29) is 35.7 Å². The van der Waals surface area contributed by atoms with E-state index in [1.54, 1.807) is 24.3 Å². The molecule has 33 heavy (non-hydrogen) atoms. The first kappa shape index (κ1) is 26.1. The second kappa shape index (κ2) is 11.6. The minimum absolute atomic E-state index is 0.00751. The lowest BCUT2D eigenvalue weighted by molar-refractivity contribution is -0.136. The average molecular weight is 477 g/mol. The second-order valence-electron chi connectivity index (χ2n) is 7.63. The third-order valence-corrected chi connectivity index (χ3v) is 7.22. The molecular formula is C24H28O8S. The van der Waals surface area contributed by atoms with E-state index >= 15 is 0 Å². The van der Waals surface area contributed by atoms with Crippen molar-refractivity contribution in [1.82, 2.24) is 0 Å². The van der Waals surface area contributed by atoms with Crippen LogP contribution in [-0.4, -0.2) is 53.8 Å². The molecule has 1 atom stereocenters. The van der Waals surface area contributed by atoms with E-state index in [9.17, 15) is 33.0 Å². The highest BCUT2D eigenvalue weighted by molar-refractivity contribution is 7.92. The fraction of sp³-hybridized carbons (Fsp3) is 0.375. The van der Waals surface area contributed by atoms with Gasteiger partial charge in [-0.2, -0.15) is 0 Å². The quantitative estimate of drug-likeness (QED) is 0.331. The molecule has 8 nitrogen and oxygen atoms in total. The molecule has 0 heterocycles. The maximum Gasteiger partial charge on any atom is 0.322 e. The van der Waals surface area contributed by atoms with Gasteiger partial charge >= 0.3 is 5.97 Å². The summed E-state index contributed by atoms with van der Waals surface area (Å²) in [6.45, 7) is 3.20. The van der Waals surface area contributed by atoms with Gasteiger partial charge in [-0.3, -0.25) is 14.4 Å². The van der Waals surface area contributed by atoms with Crippen LogP contribution in [0.5, 0.6) is 11.5 Å². The fourth-order valence-electron chi connectivity index (χ4n) is 3.39. The van der Waals surface area contributed by atoms with Gasteiger partial charge in [-0.15, -0.1) is 0 Å². The standard InChI is InChI=1S/C24H28O8S/c1-3-8-19-21(12-11-18(16(2)25)23(19)27)32-13-7-14-33(30,31)22(24(28)29)15-20(26)17-9-5-4-6-10-17/h4-6,9-12,22,27H,3,7-8,13-15H2,1-2H3,(H,28,29). The Bertz CT molecular complexity index is 1110. The molecule has 2 rings (SSSR count). The lowest BCUT2D eigenvalue weighted by Gasteiger charge is -2.16. The van der Waals surface area contributed by atoms with Crippen LogP contribution in [0.2, 0.25) is 0 Å². The molecule has 0 aliphatic rings. The summed E-state index contributed by atoms with van der Waals surface area (Å²) < 4.78 is 30.9. The molecule has 0 aliphatic heterocycles. The molecule has 0 bridgehead atoms. The van der Waals surface area contributed by atoms with Gasteiger partial charge in [0.25, 0.3) is 0 Å². The van der Waals surface area contributed by atoms with E-state index in [2.05, 4.69) is 0 Å². The number of hydrogen-bond acceptors (Lipinski definition) is 7. The van der Waals surface area contributed by atoms with Crippen LogP contribution < -0.4 is 4.74 Å². The Morgan fingerprint density at radius 2 is 1.73 bits per heavy atom. The summed E-state index contributed by atoms with van der Waals surface area (Å²) in [6.07, 6.45) is 0.495. The Morgan fingerprint density at radius 1 is 1.06 bits per heavy atom. The predicted octanol–water partition coefficient (Wildman–Crippen LogP) is 3.46. The van der Waals surface area contributed by atoms with Crippen molar-refractivity contribution in [3.05, 3.63) is 59.2 Å². The average Bonchev–Trinajstić information content (AvgIpc) is 2.77. The predicted molar refractivity (Wildman–Crippen MR) is 123 cm³/mol. The molecule has 0 saturated heterocycles. The number of hydrogen-bond donors (Lipinski definition) is 2. The first-order chi connectivity index (χ1) is 15.6. The zero-order valence-electron chi connectivity index (χ0n) is 18.6. The van der Waals surface area contributed by atoms with Gasteiger partial charge in [0.05, 0.1) is 17.9 Å². The van der Waals surface area contributed by atoms with E-state index in [4.69, 9.17) is 4.74 Å². The molecule has 9 heteroatoms. The first-order valence-electron chi connectivity index (χ1n) is 10.6. The molecule has 0 saturated carbocycles. The lowest BCUT2D eigenvalue weighted by atomic mass is 10.0. The molecule has 0 amide bonds. The van der Waals surface area contributed by atoms with Crippen LogP contribution in [0, 0.1) is 0 Å². The molecule has 2 aromatic carbocycles. The van der Waals surface area contributed by atoms with Gasteiger partial charge in [-0.1, -0.05) is 43.7 Å². The van der Waals surface area contributed by atoms with Crippen molar-refractivity contribution in [3.63, 3.8) is 0 Å². The second-order valence-corrected chi connectivity index (χ2v) is 9.94. The topological polar surface area (TPSA) is 135 Å². The van der Waals surface area contributed by atoms with Gasteiger partial charge < -0.3 is 14.9 Å². The van der Waals surface area contributed by atoms with Crippen molar-refractivity contribution in [2.24, 2.45) is 0 Å². The summed E-state index contributed by atoms with van der Waals surface area (Å²) in [4.78, 5) is 35.6. The van der Waals surface area contributed by atoms with Gasteiger partial charge in [0.1, 0.15) is 11.5 Å². The monoisotopic (exact) mass is 476 g/mol. The van der Waals surface area contributed by atoms with Crippen LogP contribution in [-0.2, 0) is 21.1 Å². The van der Waals surface area contributed by atoms with Gasteiger partial charge in [0.2, 0.25) is 0 Å². The number of rotatable bonds is 13. The number of sulfone groups is 1. The SMILES string of the molecule is CCCc1c(OCCCS(=O)(=O)C(CC(=O)c2ccccc2)C(=O)O)ccc(C(C)=O)c1O. The molecule has 0 spiro atoms. The third kappa shape index (κ3) is 6.89. The summed E-state index contributed by atoms with van der Waals surface area (Å²) in [6, 6.07) is 10.9. The summed E-state index contributed by atoms with van der Waals surface area (Å²) in [5, 5.41) is 17.9. The molecule has 0 aliphatic carbocycles. The van der Waals surface area contributed by atoms with Crippen molar-refractivity contribution < 1.29 is 37.8 Å². The van der Waals surface area contributed by atoms with E-state index in [1.165, 1.54) is 25.1 Å². The number of Topliss-reactive ketones (excluding diaryl/α,β-unsaturated/α-hetero) is 2. The van der Waals surface area contributed by atoms with Gasteiger partial charge in [-0.05, 0) is 31.9 Å². The zero-order valence-corrected chi connectivity index (χ0v) is 19.4. The number of carbonyl (C=O) groups is 3. The maximum absolute atomic E-state index is 12.6. The number of phenols is 1. The largest absolute Gasteiger partial charge is 0.507 e. The number of aromatic hydroxyl groups is 1. The molecule has 0 radical (unpaired) electrons. The molecular weight excluding hydrogens is 448 g/mol. The summed E-state index contributed by atoms with van der Waals surface area (Å²) in [5.41, 5.74) is 0.894. The third-order valence-electron chi connectivity index (χ3n) is 5.13. The van der Waals surface area contributed by atoms with Gasteiger partial charge in [-0.25, -0.2) is 8.42 Å². The maximum atomic E-state index is 12.6. The summed E-state index contributed by atoms with van der Waals surface area (Å²) in [5.74, 6) is -2.71. The minimum atomic E-state index is -4.12. The minimum Gasteiger partial charge on any atom is -0.507 e. The van der Waals surface area contributed by atoms with E-state index in [0.29, 0.717) is 24.2 Å². The number of benzene rings is 2.